The summed E-state index contributed by atoms with van der Waals surface area (Å²) in [5.41, 5.74) is 2.29. The van der Waals surface area contributed by atoms with Crippen molar-refractivity contribution in [1.29, 1.82) is 0 Å². The van der Waals surface area contributed by atoms with E-state index in [4.69, 9.17) is 18.9 Å². The second kappa shape index (κ2) is 9.80. The summed E-state index contributed by atoms with van der Waals surface area (Å²) in [6, 6.07) is 10.9. The second-order valence-electron chi connectivity index (χ2n) is 6.04. The molecule has 3 rings (SSSR count). The Bertz CT molecular complexity index is 1060. The Kier molecular flexibility index (Phi) is 6.92. The molecule has 3 aromatic rings. The Morgan fingerprint density at radius 3 is 2.37 bits per heavy atom. The summed E-state index contributed by atoms with van der Waals surface area (Å²) in [5.74, 6) is 2.30. The van der Waals surface area contributed by atoms with Crippen LogP contribution in [0.1, 0.15) is 5.56 Å². The lowest BCUT2D eigenvalue weighted by Gasteiger charge is -2.08. The van der Waals surface area contributed by atoms with E-state index in [1.807, 2.05) is 29.6 Å². The van der Waals surface area contributed by atoms with Crippen LogP contribution in [0.5, 0.6) is 23.0 Å². The summed E-state index contributed by atoms with van der Waals surface area (Å²) in [4.78, 5) is 16.8. The number of hydrogen-bond donors (Lipinski definition) is 1. The molecule has 0 saturated carbocycles. The Labute approximate surface area is 178 Å². The number of carbonyl (C=O) groups excluding carboxylic acids is 1. The van der Waals surface area contributed by atoms with Gasteiger partial charge in [-0.15, -0.1) is 11.3 Å². The largest absolute Gasteiger partial charge is 0.497 e. The first-order valence-electron chi connectivity index (χ1n) is 8.97. The van der Waals surface area contributed by atoms with Gasteiger partial charge in [0.2, 0.25) is 5.91 Å². The SMILES string of the molecule is COc1ccc(OC)c(-c2csc(NC(=O)C=Cc3ccc(OC)c(OC)c3)n2)c1. The minimum absolute atomic E-state index is 0.289. The van der Waals surface area contributed by atoms with Crippen molar-refractivity contribution in [3.63, 3.8) is 0 Å². The zero-order chi connectivity index (χ0) is 21.5. The predicted molar refractivity (Wildman–Crippen MR) is 118 cm³/mol. The number of thiazole rings is 1. The number of anilines is 1. The van der Waals surface area contributed by atoms with E-state index in [1.54, 1.807) is 46.6 Å². The molecule has 156 valence electrons. The Hall–Kier alpha value is -3.52. The van der Waals surface area contributed by atoms with Crippen molar-refractivity contribution in [3.8, 4) is 34.3 Å². The fourth-order valence-corrected chi connectivity index (χ4v) is 3.46. The summed E-state index contributed by atoms with van der Waals surface area (Å²) < 4.78 is 21.2. The number of nitrogens with one attached hydrogen (secondary N) is 1. The quantitative estimate of drug-likeness (QED) is 0.535. The van der Waals surface area contributed by atoms with Crippen LogP contribution in [0.15, 0.2) is 47.9 Å². The standard InChI is InChI=1S/C22H22N2O5S/c1-26-15-7-9-18(27-2)16(12-15)17-13-30-22(23-17)24-21(25)10-6-14-5-8-19(28-3)20(11-14)29-4/h5-13H,1-4H3,(H,23,24,25). The van der Waals surface area contributed by atoms with Crippen molar-refractivity contribution in [2.75, 3.05) is 33.8 Å². The van der Waals surface area contributed by atoms with Crippen LogP contribution in [-0.2, 0) is 4.79 Å². The van der Waals surface area contributed by atoms with E-state index in [9.17, 15) is 4.79 Å². The van der Waals surface area contributed by atoms with Crippen LogP contribution in [0.25, 0.3) is 17.3 Å². The van der Waals surface area contributed by atoms with Crippen LogP contribution in [0.2, 0.25) is 0 Å². The molecule has 8 heteroatoms. The molecule has 0 radical (unpaired) electrons. The highest BCUT2D eigenvalue weighted by Crippen LogP contribution is 2.35. The smallest absolute Gasteiger partial charge is 0.250 e. The molecule has 1 N–H and O–H groups in total. The molecular weight excluding hydrogens is 404 g/mol. The van der Waals surface area contributed by atoms with E-state index in [0.717, 1.165) is 11.1 Å². The Balaban J connectivity index is 1.72. The molecule has 0 aliphatic carbocycles. The molecule has 0 atom stereocenters. The summed E-state index contributed by atoms with van der Waals surface area (Å²) in [7, 11) is 6.34. The first kappa shape index (κ1) is 21.2. The number of ether oxygens (including phenoxy) is 4. The number of carbonyl (C=O) groups is 1. The fourth-order valence-electron chi connectivity index (χ4n) is 2.74. The first-order chi connectivity index (χ1) is 14.6. The van der Waals surface area contributed by atoms with Gasteiger partial charge < -0.3 is 18.9 Å². The summed E-state index contributed by atoms with van der Waals surface area (Å²) in [6.07, 6.45) is 3.13. The van der Waals surface area contributed by atoms with E-state index in [0.29, 0.717) is 33.8 Å². The highest BCUT2D eigenvalue weighted by atomic mass is 32.1. The highest BCUT2D eigenvalue weighted by molar-refractivity contribution is 7.14. The average Bonchev–Trinajstić information content (AvgIpc) is 3.25. The maximum absolute atomic E-state index is 12.3. The van der Waals surface area contributed by atoms with Crippen molar-refractivity contribution in [1.82, 2.24) is 4.98 Å². The van der Waals surface area contributed by atoms with Crippen molar-refractivity contribution in [2.45, 2.75) is 0 Å². The molecule has 0 saturated heterocycles. The van der Waals surface area contributed by atoms with Gasteiger partial charge in [-0.3, -0.25) is 10.1 Å². The van der Waals surface area contributed by atoms with Gasteiger partial charge in [-0.05, 0) is 42.0 Å². The highest BCUT2D eigenvalue weighted by Gasteiger charge is 2.12. The molecule has 0 bridgehead atoms. The van der Waals surface area contributed by atoms with Crippen molar-refractivity contribution in [2.24, 2.45) is 0 Å². The summed E-state index contributed by atoms with van der Waals surface area (Å²) in [5, 5.41) is 5.11. The molecule has 2 aromatic carbocycles. The topological polar surface area (TPSA) is 78.9 Å². The van der Waals surface area contributed by atoms with Crippen LogP contribution in [-0.4, -0.2) is 39.3 Å². The lowest BCUT2D eigenvalue weighted by Crippen LogP contribution is -2.07. The number of methoxy groups -OCH3 is 4. The molecule has 0 spiro atoms. The third-order valence-corrected chi connectivity index (χ3v) is 5.01. The fraction of sp³-hybridized carbons (Fsp3) is 0.182. The number of hydrogen-bond acceptors (Lipinski definition) is 7. The predicted octanol–water partition coefficient (Wildman–Crippen LogP) is 4.50. The normalized spacial score (nSPS) is 10.7. The summed E-state index contributed by atoms with van der Waals surface area (Å²) >= 11 is 1.33. The van der Waals surface area contributed by atoms with Crippen LogP contribution >= 0.6 is 11.3 Å². The molecule has 0 unspecified atom stereocenters. The maximum Gasteiger partial charge on any atom is 0.250 e. The lowest BCUT2D eigenvalue weighted by molar-refractivity contribution is -0.111. The molecule has 0 aliphatic heterocycles. The van der Waals surface area contributed by atoms with Gasteiger partial charge in [0.15, 0.2) is 16.6 Å². The van der Waals surface area contributed by atoms with Gasteiger partial charge in [0.05, 0.1) is 34.1 Å². The first-order valence-corrected chi connectivity index (χ1v) is 9.85. The number of benzene rings is 2. The van der Waals surface area contributed by atoms with Gasteiger partial charge in [-0.1, -0.05) is 6.07 Å². The Morgan fingerprint density at radius 1 is 0.933 bits per heavy atom. The van der Waals surface area contributed by atoms with Gasteiger partial charge in [0, 0.05) is 17.0 Å². The molecule has 30 heavy (non-hydrogen) atoms. The van der Waals surface area contributed by atoms with Gasteiger partial charge in [-0.25, -0.2) is 4.98 Å². The molecule has 1 heterocycles. The molecule has 7 nitrogen and oxygen atoms in total. The van der Waals surface area contributed by atoms with E-state index in [-0.39, 0.29) is 5.91 Å². The van der Waals surface area contributed by atoms with Gasteiger partial charge in [0.25, 0.3) is 0 Å². The van der Waals surface area contributed by atoms with Crippen LogP contribution in [0, 0.1) is 0 Å². The third-order valence-electron chi connectivity index (χ3n) is 4.25. The van der Waals surface area contributed by atoms with Crippen LogP contribution in [0.3, 0.4) is 0 Å². The van der Waals surface area contributed by atoms with Gasteiger partial charge in [-0.2, -0.15) is 0 Å². The third kappa shape index (κ3) is 4.90. The van der Waals surface area contributed by atoms with Crippen LogP contribution in [0.4, 0.5) is 5.13 Å². The van der Waals surface area contributed by atoms with E-state index in [1.165, 1.54) is 17.4 Å². The van der Waals surface area contributed by atoms with Crippen molar-refractivity contribution in [3.05, 3.63) is 53.4 Å². The second-order valence-corrected chi connectivity index (χ2v) is 6.90. The zero-order valence-electron chi connectivity index (χ0n) is 17.1. The summed E-state index contributed by atoms with van der Waals surface area (Å²) in [6.45, 7) is 0. The van der Waals surface area contributed by atoms with Gasteiger partial charge >= 0.3 is 0 Å². The minimum Gasteiger partial charge on any atom is -0.497 e. The molecular formula is C22H22N2O5S. The molecule has 1 aromatic heterocycles. The molecule has 0 fully saturated rings. The van der Waals surface area contributed by atoms with Crippen LogP contribution < -0.4 is 24.3 Å². The number of nitrogens with zero attached hydrogens (tertiary/aromatic N) is 1. The lowest BCUT2D eigenvalue weighted by atomic mass is 10.1. The van der Waals surface area contributed by atoms with E-state index in [2.05, 4.69) is 10.3 Å². The Morgan fingerprint density at radius 2 is 1.67 bits per heavy atom. The van der Waals surface area contributed by atoms with E-state index >= 15 is 0 Å². The van der Waals surface area contributed by atoms with E-state index < -0.39 is 0 Å². The monoisotopic (exact) mass is 426 g/mol. The maximum atomic E-state index is 12.3. The number of rotatable bonds is 8. The van der Waals surface area contributed by atoms with Crippen molar-refractivity contribution < 1.29 is 23.7 Å². The molecule has 0 aliphatic rings. The molecule has 1 amide bonds. The number of amides is 1. The van der Waals surface area contributed by atoms with Gasteiger partial charge in [0.1, 0.15) is 11.5 Å². The average molecular weight is 426 g/mol. The van der Waals surface area contributed by atoms with Crippen molar-refractivity contribution >= 4 is 28.5 Å². The zero-order valence-corrected chi connectivity index (χ0v) is 17.9. The minimum atomic E-state index is -0.289. The number of aromatic nitrogens is 1.